The monoisotopic (exact) mass is 806 g/mol. The van der Waals surface area contributed by atoms with Crippen LogP contribution in [0, 0.1) is 0 Å². The molecule has 3 N–H and O–H groups in total. The number of ether oxygens (including phenoxy) is 2. The topological polar surface area (TPSA) is 117 Å². The molecule has 0 aromatic rings. The van der Waals surface area contributed by atoms with Crippen molar-refractivity contribution < 1.29 is 32.8 Å². The van der Waals surface area contributed by atoms with Gasteiger partial charge in [0.25, 0.3) is 0 Å². The van der Waals surface area contributed by atoms with Crippen LogP contribution in [0.3, 0.4) is 0 Å². The van der Waals surface area contributed by atoms with Crippen LogP contribution in [0.4, 0.5) is 0 Å². The average Bonchev–Trinajstić information content (AvgIpc) is 3.19. The summed E-state index contributed by atoms with van der Waals surface area (Å²) in [6, 6.07) is 0. The summed E-state index contributed by atoms with van der Waals surface area (Å²) in [6.07, 6.45) is 55.1. The zero-order valence-electron chi connectivity index (χ0n) is 35.8. The summed E-state index contributed by atoms with van der Waals surface area (Å²) in [5.74, 6) is -0.412. The Balaban J connectivity index is 4.14. The van der Waals surface area contributed by atoms with Gasteiger partial charge in [0.2, 0.25) is 0 Å². The van der Waals surface area contributed by atoms with E-state index in [9.17, 15) is 14.3 Å². The van der Waals surface area contributed by atoms with E-state index >= 15 is 0 Å². The summed E-state index contributed by atoms with van der Waals surface area (Å²) in [4.78, 5) is 22.5. The van der Waals surface area contributed by atoms with Gasteiger partial charge in [-0.1, -0.05) is 196 Å². The number of rotatable bonds is 42. The molecular formula is C47H84NO7P. The lowest BCUT2D eigenvalue weighted by atomic mass is 10.0. The molecule has 0 fully saturated rings. The number of carbonyl (C=O) groups excluding carboxylic acids is 1. The van der Waals surface area contributed by atoms with E-state index in [0.29, 0.717) is 13.0 Å². The fraction of sp³-hybridized carbons (Fsp3) is 0.723. The van der Waals surface area contributed by atoms with Crippen molar-refractivity contribution in [2.24, 2.45) is 5.73 Å². The van der Waals surface area contributed by atoms with Gasteiger partial charge >= 0.3 is 13.8 Å². The standard InChI is InChI=1S/C47H84NO7P/c1-3-5-7-9-11-13-15-17-19-21-23-24-26-28-30-32-34-36-38-40-47(49)55-46(45-54-56(50,51)53-43-41-48)44-52-42-39-37-35-33-31-29-27-25-22-20-18-16-14-12-10-8-6-4-2/h5,7,11,13,17,19,23-24,28,30,34,36,46H,3-4,6,8-10,12,14-16,18,20-22,25-27,29,31-33,35,37-45,48H2,1-2H3,(H,50,51)/b7-5-,13-11-,19-17-,24-23-,30-28-,36-34-/t46-/m1/s1. The Morgan fingerprint density at radius 1 is 0.554 bits per heavy atom. The molecule has 324 valence electrons. The molecule has 0 radical (unpaired) electrons. The minimum Gasteiger partial charge on any atom is -0.457 e. The SMILES string of the molecule is CC/C=C\C/C=C\C/C=C\C/C=C\C/C=C\C/C=C\CCC(=O)O[C@H](COCCCCCCCCCCCCCCCCCCCC)COP(=O)(O)OCCN. The molecule has 0 aliphatic rings. The van der Waals surface area contributed by atoms with Gasteiger partial charge in [0.15, 0.2) is 0 Å². The minimum atomic E-state index is -4.30. The second kappa shape index (κ2) is 44.1. The minimum absolute atomic E-state index is 0.0848. The van der Waals surface area contributed by atoms with Crippen LogP contribution in [0.5, 0.6) is 0 Å². The first-order chi connectivity index (χ1) is 27.4. The molecule has 9 heteroatoms. The summed E-state index contributed by atoms with van der Waals surface area (Å²) in [5.41, 5.74) is 5.37. The van der Waals surface area contributed by atoms with Gasteiger partial charge in [-0.3, -0.25) is 13.8 Å². The molecule has 0 aliphatic heterocycles. The van der Waals surface area contributed by atoms with Gasteiger partial charge in [-0.15, -0.1) is 0 Å². The number of allylic oxidation sites excluding steroid dienone is 12. The number of hydrogen-bond acceptors (Lipinski definition) is 7. The summed E-state index contributed by atoms with van der Waals surface area (Å²) < 4.78 is 33.4. The largest absolute Gasteiger partial charge is 0.472 e. The van der Waals surface area contributed by atoms with Crippen molar-refractivity contribution >= 4 is 13.8 Å². The quantitative estimate of drug-likeness (QED) is 0.0271. The third kappa shape index (κ3) is 43.1. The second-order valence-electron chi connectivity index (χ2n) is 14.5. The third-order valence-corrected chi connectivity index (χ3v) is 10.1. The first-order valence-corrected chi connectivity index (χ1v) is 23.9. The zero-order chi connectivity index (χ0) is 40.9. The molecule has 0 aromatic heterocycles. The second-order valence-corrected chi connectivity index (χ2v) is 16.0. The maximum absolute atomic E-state index is 12.6. The molecule has 0 spiro atoms. The summed E-state index contributed by atoms with van der Waals surface area (Å²) >= 11 is 0. The molecular weight excluding hydrogens is 721 g/mol. The highest BCUT2D eigenvalue weighted by Crippen LogP contribution is 2.43. The summed E-state index contributed by atoms with van der Waals surface area (Å²) in [6.45, 7) is 4.71. The van der Waals surface area contributed by atoms with Crippen molar-refractivity contribution in [3.63, 3.8) is 0 Å². The molecule has 0 saturated carbocycles. The average molecular weight is 806 g/mol. The van der Waals surface area contributed by atoms with E-state index in [1.54, 1.807) is 0 Å². The molecule has 0 bridgehead atoms. The van der Waals surface area contributed by atoms with Crippen molar-refractivity contribution in [2.45, 2.75) is 187 Å². The van der Waals surface area contributed by atoms with Gasteiger partial charge < -0.3 is 20.1 Å². The van der Waals surface area contributed by atoms with E-state index in [0.717, 1.165) is 51.4 Å². The number of phosphoric ester groups is 1. The van der Waals surface area contributed by atoms with E-state index in [1.165, 1.54) is 103 Å². The van der Waals surface area contributed by atoms with Crippen LogP contribution in [0.15, 0.2) is 72.9 Å². The van der Waals surface area contributed by atoms with Gasteiger partial charge in [-0.2, -0.15) is 0 Å². The molecule has 0 amide bonds. The third-order valence-electron chi connectivity index (χ3n) is 9.15. The number of hydrogen-bond donors (Lipinski definition) is 2. The molecule has 0 aliphatic carbocycles. The van der Waals surface area contributed by atoms with Gasteiger partial charge in [0.1, 0.15) is 6.10 Å². The van der Waals surface area contributed by atoms with E-state index < -0.39 is 19.9 Å². The van der Waals surface area contributed by atoms with Crippen LogP contribution in [0.2, 0.25) is 0 Å². The Morgan fingerprint density at radius 3 is 1.39 bits per heavy atom. The Morgan fingerprint density at radius 2 is 0.964 bits per heavy atom. The van der Waals surface area contributed by atoms with Crippen molar-refractivity contribution in [1.29, 1.82) is 0 Å². The molecule has 2 atom stereocenters. The van der Waals surface area contributed by atoms with E-state index in [4.69, 9.17) is 24.3 Å². The van der Waals surface area contributed by atoms with Crippen molar-refractivity contribution in [3.05, 3.63) is 72.9 Å². The highest BCUT2D eigenvalue weighted by atomic mass is 31.2. The van der Waals surface area contributed by atoms with Crippen LogP contribution in [0.1, 0.15) is 181 Å². The maximum atomic E-state index is 12.6. The Labute approximate surface area is 344 Å². The number of esters is 1. The van der Waals surface area contributed by atoms with Gasteiger partial charge in [0, 0.05) is 19.6 Å². The van der Waals surface area contributed by atoms with Crippen LogP contribution in [0.25, 0.3) is 0 Å². The molecule has 56 heavy (non-hydrogen) atoms. The van der Waals surface area contributed by atoms with Gasteiger partial charge in [-0.05, 0) is 51.4 Å². The molecule has 1 unspecified atom stereocenters. The molecule has 0 rings (SSSR count). The lowest BCUT2D eigenvalue weighted by Crippen LogP contribution is -2.28. The van der Waals surface area contributed by atoms with Crippen LogP contribution < -0.4 is 5.73 Å². The molecule has 8 nitrogen and oxygen atoms in total. The number of nitrogens with two attached hydrogens (primary N) is 1. The van der Waals surface area contributed by atoms with Crippen molar-refractivity contribution in [1.82, 2.24) is 0 Å². The Kier molecular flexibility index (Phi) is 42.4. The molecule has 0 heterocycles. The van der Waals surface area contributed by atoms with E-state index in [1.807, 2.05) is 12.2 Å². The van der Waals surface area contributed by atoms with Crippen LogP contribution >= 0.6 is 7.82 Å². The van der Waals surface area contributed by atoms with E-state index in [-0.39, 0.29) is 32.8 Å². The normalized spacial score (nSPS) is 14.1. The first kappa shape index (κ1) is 53.9. The number of unbranched alkanes of at least 4 members (excludes halogenated alkanes) is 17. The van der Waals surface area contributed by atoms with Gasteiger partial charge in [-0.25, -0.2) is 4.57 Å². The fourth-order valence-corrected chi connectivity index (χ4v) is 6.67. The van der Waals surface area contributed by atoms with Crippen molar-refractivity contribution in [2.75, 3.05) is 33.0 Å². The van der Waals surface area contributed by atoms with Gasteiger partial charge in [0.05, 0.1) is 19.8 Å². The first-order valence-electron chi connectivity index (χ1n) is 22.4. The van der Waals surface area contributed by atoms with Crippen LogP contribution in [-0.2, 0) is 27.9 Å². The smallest absolute Gasteiger partial charge is 0.457 e. The van der Waals surface area contributed by atoms with Crippen LogP contribution in [-0.4, -0.2) is 49.9 Å². The highest BCUT2D eigenvalue weighted by Gasteiger charge is 2.25. The lowest BCUT2D eigenvalue weighted by molar-refractivity contribution is -0.154. The fourth-order valence-electron chi connectivity index (χ4n) is 5.90. The molecule has 0 aromatic carbocycles. The molecule has 0 saturated heterocycles. The number of phosphoric acid groups is 1. The summed E-state index contributed by atoms with van der Waals surface area (Å²) in [7, 11) is -4.30. The Hall–Kier alpha value is -2.06. The summed E-state index contributed by atoms with van der Waals surface area (Å²) in [5, 5.41) is 0. The maximum Gasteiger partial charge on any atom is 0.472 e. The highest BCUT2D eigenvalue weighted by molar-refractivity contribution is 7.47. The lowest BCUT2D eigenvalue weighted by Gasteiger charge is -2.20. The predicted molar refractivity (Wildman–Crippen MR) is 238 cm³/mol. The Bertz CT molecular complexity index is 1080. The number of carbonyl (C=O) groups is 1. The zero-order valence-corrected chi connectivity index (χ0v) is 36.7. The van der Waals surface area contributed by atoms with Crippen molar-refractivity contribution in [3.8, 4) is 0 Å². The predicted octanol–water partition coefficient (Wildman–Crippen LogP) is 13.5. The van der Waals surface area contributed by atoms with E-state index in [2.05, 4.69) is 74.6 Å².